The molecule has 0 aliphatic rings. The van der Waals surface area contributed by atoms with Gasteiger partial charge in [-0.25, -0.2) is 4.39 Å². The van der Waals surface area contributed by atoms with Crippen molar-refractivity contribution in [2.24, 2.45) is 0 Å². The van der Waals surface area contributed by atoms with Crippen molar-refractivity contribution in [2.45, 2.75) is 13.5 Å². The molecule has 0 aliphatic carbocycles. The highest BCUT2D eigenvalue weighted by Crippen LogP contribution is 2.15. The van der Waals surface area contributed by atoms with Gasteiger partial charge in [-0.3, -0.25) is 4.79 Å². The fraction of sp³-hybridized carbons (Fsp3) is 0.133. The van der Waals surface area contributed by atoms with Crippen molar-refractivity contribution in [1.29, 1.82) is 0 Å². The van der Waals surface area contributed by atoms with E-state index in [9.17, 15) is 9.18 Å². The molecule has 0 radical (unpaired) electrons. The Bertz CT molecular complexity index is 573. The number of nitrogens with one attached hydrogen (secondary N) is 1. The number of hydrogen-bond donors (Lipinski definition) is 2. The molecule has 19 heavy (non-hydrogen) atoms. The molecule has 4 heteroatoms. The van der Waals surface area contributed by atoms with Crippen LogP contribution in [0.4, 0.5) is 10.1 Å². The molecule has 2 N–H and O–H groups in total. The monoisotopic (exact) mass is 259 g/mol. The maximum atomic E-state index is 13.2. The Morgan fingerprint density at radius 3 is 2.47 bits per heavy atom. The van der Waals surface area contributed by atoms with Gasteiger partial charge in [-0.2, -0.15) is 0 Å². The van der Waals surface area contributed by atoms with E-state index in [-0.39, 0.29) is 18.3 Å². The lowest BCUT2D eigenvalue weighted by Gasteiger charge is -2.07. The molecule has 1 amide bonds. The van der Waals surface area contributed by atoms with Crippen molar-refractivity contribution in [3.63, 3.8) is 0 Å². The number of benzene rings is 2. The summed E-state index contributed by atoms with van der Waals surface area (Å²) in [5.74, 6) is -0.694. The predicted octanol–water partition coefficient (Wildman–Crippen LogP) is 2.88. The zero-order chi connectivity index (χ0) is 13.8. The smallest absolute Gasteiger partial charge is 0.255 e. The van der Waals surface area contributed by atoms with Crippen LogP contribution in [-0.4, -0.2) is 11.0 Å². The summed E-state index contributed by atoms with van der Waals surface area (Å²) < 4.78 is 13.2. The molecule has 0 atom stereocenters. The van der Waals surface area contributed by atoms with Crippen LogP contribution in [0, 0.1) is 12.7 Å². The van der Waals surface area contributed by atoms with Crippen LogP contribution < -0.4 is 5.32 Å². The van der Waals surface area contributed by atoms with E-state index in [1.165, 1.54) is 12.1 Å². The van der Waals surface area contributed by atoms with Gasteiger partial charge in [-0.05, 0) is 48.4 Å². The van der Waals surface area contributed by atoms with Gasteiger partial charge in [0.1, 0.15) is 5.82 Å². The Kier molecular flexibility index (Phi) is 3.92. The summed E-state index contributed by atoms with van der Waals surface area (Å²) in [7, 11) is 0. The molecule has 0 heterocycles. The van der Waals surface area contributed by atoms with E-state index in [1.54, 1.807) is 37.3 Å². The van der Waals surface area contributed by atoms with Gasteiger partial charge in [0, 0.05) is 11.3 Å². The van der Waals surface area contributed by atoms with Gasteiger partial charge in [-0.15, -0.1) is 0 Å². The molecule has 0 unspecified atom stereocenters. The second kappa shape index (κ2) is 5.63. The molecule has 0 aliphatic heterocycles. The van der Waals surface area contributed by atoms with E-state index < -0.39 is 0 Å². The quantitative estimate of drug-likeness (QED) is 0.890. The first kappa shape index (κ1) is 13.2. The van der Waals surface area contributed by atoms with Crippen molar-refractivity contribution in [3.05, 3.63) is 65.0 Å². The van der Waals surface area contributed by atoms with Crippen molar-refractivity contribution in [1.82, 2.24) is 0 Å². The first-order valence-electron chi connectivity index (χ1n) is 5.87. The highest BCUT2D eigenvalue weighted by molar-refractivity contribution is 6.04. The number of aliphatic hydroxyl groups excluding tert-OH is 1. The van der Waals surface area contributed by atoms with Gasteiger partial charge in [0.2, 0.25) is 0 Å². The molecule has 3 nitrogen and oxygen atoms in total. The Hall–Kier alpha value is -2.20. The lowest BCUT2D eigenvalue weighted by atomic mass is 10.1. The average Bonchev–Trinajstić information content (AvgIpc) is 2.37. The third-order valence-electron chi connectivity index (χ3n) is 2.70. The standard InChI is InChI=1S/C15H14FNO2/c1-10-6-13(16)8-14(7-10)17-15(19)12-4-2-11(9-18)3-5-12/h2-8,18H,9H2,1H3,(H,17,19). The lowest BCUT2D eigenvalue weighted by molar-refractivity contribution is 0.102. The van der Waals surface area contributed by atoms with Gasteiger partial charge >= 0.3 is 0 Å². The average molecular weight is 259 g/mol. The van der Waals surface area contributed by atoms with Gasteiger partial charge in [0.05, 0.1) is 6.61 Å². The summed E-state index contributed by atoms with van der Waals surface area (Å²) in [6.45, 7) is 1.69. The molecule has 2 rings (SSSR count). The van der Waals surface area contributed by atoms with Crippen LogP contribution >= 0.6 is 0 Å². The summed E-state index contributed by atoms with van der Waals surface area (Å²) in [5, 5.41) is 11.6. The molecule has 0 saturated heterocycles. The molecule has 0 aromatic heterocycles. The minimum absolute atomic E-state index is 0.0645. The number of aliphatic hydroxyl groups is 1. The van der Waals surface area contributed by atoms with E-state index in [1.807, 2.05) is 0 Å². The number of hydrogen-bond acceptors (Lipinski definition) is 2. The fourth-order valence-electron chi connectivity index (χ4n) is 1.77. The molecule has 2 aromatic carbocycles. The second-order valence-corrected chi connectivity index (χ2v) is 4.33. The van der Waals surface area contributed by atoms with E-state index in [0.717, 1.165) is 11.1 Å². The first-order chi connectivity index (χ1) is 9.08. The van der Waals surface area contributed by atoms with Gasteiger partial charge < -0.3 is 10.4 Å². The van der Waals surface area contributed by atoms with E-state index >= 15 is 0 Å². The third-order valence-corrected chi connectivity index (χ3v) is 2.70. The zero-order valence-corrected chi connectivity index (χ0v) is 10.5. The molecule has 2 aromatic rings. The Balaban J connectivity index is 2.15. The van der Waals surface area contributed by atoms with Crippen LogP contribution in [0.15, 0.2) is 42.5 Å². The summed E-state index contributed by atoms with van der Waals surface area (Å²) in [4.78, 5) is 11.9. The zero-order valence-electron chi connectivity index (χ0n) is 10.5. The summed E-state index contributed by atoms with van der Waals surface area (Å²) in [5.41, 5.74) is 2.36. The summed E-state index contributed by atoms with van der Waals surface area (Å²) in [6, 6.07) is 10.9. The highest BCUT2D eigenvalue weighted by atomic mass is 19.1. The third kappa shape index (κ3) is 3.39. The molecule has 98 valence electrons. The Morgan fingerprint density at radius 2 is 1.89 bits per heavy atom. The number of rotatable bonds is 3. The van der Waals surface area contributed by atoms with Crippen molar-refractivity contribution in [2.75, 3.05) is 5.32 Å². The normalized spacial score (nSPS) is 10.3. The van der Waals surface area contributed by atoms with Gasteiger partial charge in [0.15, 0.2) is 0 Å². The van der Waals surface area contributed by atoms with Crippen LogP contribution in [0.5, 0.6) is 0 Å². The fourth-order valence-corrected chi connectivity index (χ4v) is 1.77. The molecular formula is C15H14FNO2. The summed E-state index contributed by atoms with van der Waals surface area (Å²) in [6.07, 6.45) is 0. The van der Waals surface area contributed by atoms with Crippen LogP contribution in [0.25, 0.3) is 0 Å². The van der Waals surface area contributed by atoms with Gasteiger partial charge in [0.25, 0.3) is 5.91 Å². The minimum atomic E-state index is -0.383. The lowest BCUT2D eigenvalue weighted by Crippen LogP contribution is -2.12. The van der Waals surface area contributed by atoms with Crippen LogP contribution in [0.1, 0.15) is 21.5 Å². The van der Waals surface area contributed by atoms with Crippen LogP contribution in [0.3, 0.4) is 0 Å². The largest absolute Gasteiger partial charge is 0.392 e. The van der Waals surface area contributed by atoms with E-state index in [2.05, 4.69) is 5.32 Å². The van der Waals surface area contributed by atoms with Gasteiger partial charge in [-0.1, -0.05) is 12.1 Å². The maximum absolute atomic E-state index is 13.2. The number of anilines is 1. The molecule has 0 bridgehead atoms. The van der Waals surface area contributed by atoms with Crippen LogP contribution in [0.2, 0.25) is 0 Å². The van der Waals surface area contributed by atoms with E-state index in [4.69, 9.17) is 5.11 Å². The number of aryl methyl sites for hydroxylation is 1. The van der Waals surface area contributed by atoms with Crippen molar-refractivity contribution < 1.29 is 14.3 Å². The number of carbonyl (C=O) groups excluding carboxylic acids is 1. The summed E-state index contributed by atoms with van der Waals surface area (Å²) >= 11 is 0. The molecule has 0 saturated carbocycles. The number of halogens is 1. The van der Waals surface area contributed by atoms with Crippen LogP contribution in [-0.2, 0) is 6.61 Å². The molecular weight excluding hydrogens is 245 g/mol. The Labute approximate surface area is 110 Å². The first-order valence-corrected chi connectivity index (χ1v) is 5.87. The number of amides is 1. The Morgan fingerprint density at radius 1 is 1.21 bits per heavy atom. The molecule has 0 spiro atoms. The minimum Gasteiger partial charge on any atom is -0.392 e. The SMILES string of the molecule is Cc1cc(F)cc(NC(=O)c2ccc(CO)cc2)c1. The highest BCUT2D eigenvalue weighted by Gasteiger charge is 2.07. The topological polar surface area (TPSA) is 49.3 Å². The van der Waals surface area contributed by atoms with Crippen molar-refractivity contribution in [3.8, 4) is 0 Å². The predicted molar refractivity (Wildman–Crippen MR) is 71.5 cm³/mol. The maximum Gasteiger partial charge on any atom is 0.255 e. The number of carbonyl (C=O) groups is 1. The van der Waals surface area contributed by atoms with Crippen molar-refractivity contribution >= 4 is 11.6 Å². The second-order valence-electron chi connectivity index (χ2n) is 4.33. The molecule has 0 fully saturated rings. The van der Waals surface area contributed by atoms with E-state index in [0.29, 0.717) is 11.3 Å².